The monoisotopic (exact) mass is 226 g/mol. The van der Waals surface area contributed by atoms with Crippen molar-refractivity contribution < 1.29 is 14.3 Å². The zero-order chi connectivity index (χ0) is 12.4. The van der Waals surface area contributed by atoms with Crippen LogP contribution in [0.15, 0.2) is 25.6 Å². The van der Waals surface area contributed by atoms with Crippen molar-refractivity contribution in [3.63, 3.8) is 0 Å². The van der Waals surface area contributed by atoms with E-state index < -0.39 is 6.17 Å². The Morgan fingerprint density at radius 3 is 2.00 bits per heavy atom. The maximum absolute atomic E-state index is 10.8. The van der Waals surface area contributed by atoms with E-state index in [0.717, 1.165) is 6.42 Å². The summed E-state index contributed by atoms with van der Waals surface area (Å²) in [5.41, 5.74) is 0. The number of carbonyl (C=O) groups excluding carboxylic acids is 2. The minimum absolute atomic E-state index is 0.226. The van der Waals surface area contributed by atoms with Crippen molar-refractivity contribution in [1.29, 1.82) is 0 Å². The summed E-state index contributed by atoms with van der Waals surface area (Å²) in [7, 11) is 0. The lowest BCUT2D eigenvalue weighted by molar-refractivity contribution is -0.128. The van der Waals surface area contributed by atoms with Crippen molar-refractivity contribution in [3.05, 3.63) is 25.6 Å². The average Bonchev–Trinajstić information content (AvgIpc) is 2.31. The van der Waals surface area contributed by atoms with Gasteiger partial charge in [-0.25, -0.2) is 0 Å². The highest BCUT2D eigenvalue weighted by Gasteiger charge is 2.19. The van der Waals surface area contributed by atoms with Crippen molar-refractivity contribution in [2.75, 3.05) is 13.2 Å². The Morgan fingerprint density at radius 2 is 1.69 bits per heavy atom. The Labute approximate surface area is 96.0 Å². The van der Waals surface area contributed by atoms with Crippen molar-refractivity contribution in [2.24, 2.45) is 0 Å². The lowest BCUT2D eigenvalue weighted by Crippen LogP contribution is -2.45. The molecule has 0 radical (unpaired) electrons. The van der Waals surface area contributed by atoms with Crippen LogP contribution in [0.3, 0.4) is 0 Å². The molecule has 0 spiro atoms. The molecule has 0 unspecified atom stereocenters. The van der Waals surface area contributed by atoms with Gasteiger partial charge < -0.3 is 4.74 Å². The maximum Gasteiger partial charge on any atom is 0.215 e. The molecule has 0 aromatic carbocycles. The summed E-state index contributed by atoms with van der Waals surface area (Å²) in [5, 5.41) is 0. The fraction of sp³-hybridized carbons (Fsp3) is 0.455. The molecule has 0 rings (SSSR count). The fourth-order valence-corrected chi connectivity index (χ4v) is 1.13. The van der Waals surface area contributed by atoms with Gasteiger partial charge in [-0.1, -0.05) is 20.1 Å². The second-order valence-corrected chi connectivity index (χ2v) is 3.03. The third kappa shape index (κ3) is 4.27. The van der Waals surface area contributed by atoms with Crippen LogP contribution in [0.4, 0.5) is 0 Å². The summed E-state index contributed by atoms with van der Waals surface area (Å²) < 4.78 is 5.32. The highest BCUT2D eigenvalue weighted by molar-refractivity contribution is 5.54. The molecule has 0 heterocycles. The molecule has 0 bridgehead atoms. The summed E-state index contributed by atoms with van der Waals surface area (Å²) in [6, 6.07) is 0. The SMILES string of the molecule is C=CN(C=O)C(COCCC)N(C=C)C=O. The van der Waals surface area contributed by atoms with Gasteiger partial charge in [0.15, 0.2) is 0 Å². The zero-order valence-electron chi connectivity index (χ0n) is 9.54. The first kappa shape index (κ1) is 14.4. The maximum atomic E-state index is 10.8. The molecule has 0 aromatic rings. The van der Waals surface area contributed by atoms with Crippen molar-refractivity contribution in [1.82, 2.24) is 9.80 Å². The van der Waals surface area contributed by atoms with E-state index in [-0.39, 0.29) is 6.61 Å². The lowest BCUT2D eigenvalue weighted by Gasteiger charge is -2.30. The van der Waals surface area contributed by atoms with Gasteiger partial charge in [-0.3, -0.25) is 19.4 Å². The number of carbonyl (C=O) groups is 2. The molecule has 0 atom stereocenters. The van der Waals surface area contributed by atoms with Gasteiger partial charge in [0.2, 0.25) is 12.8 Å². The highest BCUT2D eigenvalue weighted by Crippen LogP contribution is 2.04. The number of hydrogen-bond donors (Lipinski definition) is 0. The second kappa shape index (κ2) is 8.67. The molecular formula is C11H18N2O3. The third-order valence-corrected chi connectivity index (χ3v) is 1.97. The third-order valence-electron chi connectivity index (χ3n) is 1.97. The van der Waals surface area contributed by atoms with Crippen LogP contribution < -0.4 is 0 Å². The first-order valence-corrected chi connectivity index (χ1v) is 5.03. The van der Waals surface area contributed by atoms with Crippen LogP contribution in [0, 0.1) is 0 Å². The van der Waals surface area contributed by atoms with E-state index in [2.05, 4.69) is 13.2 Å². The van der Waals surface area contributed by atoms with E-state index in [0.29, 0.717) is 19.4 Å². The molecule has 5 nitrogen and oxygen atoms in total. The molecule has 0 saturated heterocycles. The van der Waals surface area contributed by atoms with E-state index >= 15 is 0 Å². The molecule has 90 valence electrons. The number of ether oxygens (including phenoxy) is 1. The van der Waals surface area contributed by atoms with Crippen LogP contribution in [-0.4, -0.2) is 42.0 Å². The first-order valence-electron chi connectivity index (χ1n) is 5.03. The van der Waals surface area contributed by atoms with E-state index in [1.807, 2.05) is 6.92 Å². The van der Waals surface area contributed by atoms with Gasteiger partial charge in [-0.05, 0) is 6.42 Å². The van der Waals surface area contributed by atoms with Gasteiger partial charge in [0.1, 0.15) is 6.17 Å². The molecule has 0 aliphatic carbocycles. The normalized spacial score (nSPS) is 9.62. The molecule has 0 aliphatic rings. The molecular weight excluding hydrogens is 208 g/mol. The van der Waals surface area contributed by atoms with Crippen LogP contribution in [-0.2, 0) is 14.3 Å². The Bertz CT molecular complexity index is 207. The standard InChI is InChI=1S/C11H18N2O3/c1-4-7-16-8-11(12(5-2)9-14)13(6-3)10-15/h5-6,9-11H,2-4,7-8H2,1H3. The molecule has 0 aromatic heterocycles. The van der Waals surface area contributed by atoms with Gasteiger partial charge in [-0.2, -0.15) is 0 Å². The number of amides is 2. The molecule has 0 saturated carbocycles. The number of hydrogen-bond acceptors (Lipinski definition) is 3. The highest BCUT2D eigenvalue weighted by atomic mass is 16.5. The van der Waals surface area contributed by atoms with Crippen LogP contribution >= 0.6 is 0 Å². The summed E-state index contributed by atoms with van der Waals surface area (Å²) in [6.45, 7) is 9.76. The fourth-order valence-electron chi connectivity index (χ4n) is 1.13. The Morgan fingerprint density at radius 1 is 1.19 bits per heavy atom. The van der Waals surface area contributed by atoms with Gasteiger partial charge in [0, 0.05) is 19.0 Å². The van der Waals surface area contributed by atoms with E-state index in [1.165, 1.54) is 22.2 Å². The Balaban J connectivity index is 4.58. The van der Waals surface area contributed by atoms with Crippen molar-refractivity contribution >= 4 is 12.8 Å². The van der Waals surface area contributed by atoms with Crippen LogP contribution in [0.2, 0.25) is 0 Å². The van der Waals surface area contributed by atoms with Gasteiger partial charge >= 0.3 is 0 Å². The molecule has 0 N–H and O–H groups in total. The van der Waals surface area contributed by atoms with Gasteiger partial charge in [-0.15, -0.1) is 0 Å². The largest absolute Gasteiger partial charge is 0.377 e. The molecule has 2 amide bonds. The summed E-state index contributed by atoms with van der Waals surface area (Å²) in [5.74, 6) is 0. The smallest absolute Gasteiger partial charge is 0.215 e. The molecule has 16 heavy (non-hydrogen) atoms. The number of rotatable bonds is 10. The Hall–Kier alpha value is -1.62. The van der Waals surface area contributed by atoms with Gasteiger partial charge in [0.05, 0.1) is 6.61 Å². The van der Waals surface area contributed by atoms with Crippen molar-refractivity contribution in [3.8, 4) is 0 Å². The minimum atomic E-state index is -0.531. The predicted molar refractivity (Wildman–Crippen MR) is 61.1 cm³/mol. The van der Waals surface area contributed by atoms with Crippen LogP contribution in [0.25, 0.3) is 0 Å². The quantitative estimate of drug-likeness (QED) is 0.316. The molecule has 0 aliphatic heterocycles. The molecule has 0 fully saturated rings. The van der Waals surface area contributed by atoms with Crippen LogP contribution in [0.5, 0.6) is 0 Å². The van der Waals surface area contributed by atoms with Gasteiger partial charge in [0.25, 0.3) is 0 Å². The lowest BCUT2D eigenvalue weighted by atomic mass is 10.4. The average molecular weight is 226 g/mol. The summed E-state index contributed by atoms with van der Waals surface area (Å²) in [6.07, 6.45) is 4.20. The number of nitrogens with zero attached hydrogens (tertiary/aromatic N) is 2. The predicted octanol–water partition coefficient (Wildman–Crippen LogP) is 0.943. The molecule has 5 heteroatoms. The summed E-state index contributed by atoms with van der Waals surface area (Å²) in [4.78, 5) is 24.0. The minimum Gasteiger partial charge on any atom is -0.377 e. The summed E-state index contributed by atoms with van der Waals surface area (Å²) >= 11 is 0. The van der Waals surface area contributed by atoms with Crippen LogP contribution in [0.1, 0.15) is 13.3 Å². The first-order chi connectivity index (χ1) is 7.74. The topological polar surface area (TPSA) is 49.9 Å². The second-order valence-electron chi connectivity index (χ2n) is 3.03. The zero-order valence-corrected chi connectivity index (χ0v) is 9.54. The van der Waals surface area contributed by atoms with E-state index in [1.54, 1.807) is 0 Å². The van der Waals surface area contributed by atoms with E-state index in [4.69, 9.17) is 4.74 Å². The van der Waals surface area contributed by atoms with Crippen molar-refractivity contribution in [2.45, 2.75) is 19.5 Å². The Kier molecular flexibility index (Phi) is 7.79. The van der Waals surface area contributed by atoms with E-state index in [9.17, 15) is 9.59 Å².